The number of hydrogen-bond acceptors (Lipinski definition) is 6. The van der Waals surface area contributed by atoms with Crippen LogP contribution < -0.4 is 10.1 Å². The van der Waals surface area contributed by atoms with Crippen molar-refractivity contribution in [2.24, 2.45) is 0 Å². The molecule has 2 heterocycles. The van der Waals surface area contributed by atoms with E-state index in [9.17, 15) is 4.79 Å². The summed E-state index contributed by atoms with van der Waals surface area (Å²) in [5, 5.41) is 16.4. The van der Waals surface area contributed by atoms with Crippen LogP contribution in [0, 0.1) is 27.7 Å². The monoisotopic (exact) mass is 407 g/mol. The van der Waals surface area contributed by atoms with Crippen molar-refractivity contribution in [1.82, 2.24) is 19.8 Å². The largest absolute Gasteiger partial charge is 0.483 e. The van der Waals surface area contributed by atoms with Gasteiger partial charge < -0.3 is 10.1 Å². The number of anilines is 1. The average molecular weight is 407 g/mol. The number of benzene rings is 2. The van der Waals surface area contributed by atoms with Gasteiger partial charge in [0.25, 0.3) is 5.91 Å². The summed E-state index contributed by atoms with van der Waals surface area (Å²) in [6.07, 6.45) is 0. The van der Waals surface area contributed by atoms with Crippen LogP contribution in [0.25, 0.3) is 15.5 Å². The number of nitrogens with one attached hydrogen (secondary N) is 1. The van der Waals surface area contributed by atoms with Gasteiger partial charge in [0.1, 0.15) is 10.8 Å². The summed E-state index contributed by atoms with van der Waals surface area (Å²) in [7, 11) is 0. The highest BCUT2D eigenvalue weighted by Crippen LogP contribution is 2.29. The molecule has 8 heteroatoms. The number of carbonyl (C=O) groups excluding carboxylic acids is 1. The molecule has 1 N–H and O–H groups in total. The maximum Gasteiger partial charge on any atom is 0.262 e. The molecule has 1 amide bonds. The van der Waals surface area contributed by atoms with Crippen LogP contribution in [0.1, 0.15) is 22.5 Å². The van der Waals surface area contributed by atoms with Gasteiger partial charge >= 0.3 is 0 Å². The zero-order chi connectivity index (χ0) is 20.5. The summed E-state index contributed by atoms with van der Waals surface area (Å²) in [5.74, 6) is 1.26. The molecule has 4 aromatic rings. The smallest absolute Gasteiger partial charge is 0.262 e. The Bertz CT molecular complexity index is 1210. The first-order valence-electron chi connectivity index (χ1n) is 9.21. The third-order valence-electron chi connectivity index (χ3n) is 4.82. The van der Waals surface area contributed by atoms with Crippen molar-refractivity contribution < 1.29 is 9.53 Å². The van der Waals surface area contributed by atoms with Crippen molar-refractivity contribution in [2.45, 2.75) is 27.7 Å². The molecule has 0 spiro atoms. The van der Waals surface area contributed by atoms with Crippen LogP contribution in [-0.2, 0) is 4.79 Å². The predicted molar refractivity (Wildman–Crippen MR) is 114 cm³/mol. The maximum atomic E-state index is 12.5. The van der Waals surface area contributed by atoms with E-state index in [4.69, 9.17) is 4.74 Å². The first kappa shape index (κ1) is 19.1. The fourth-order valence-corrected chi connectivity index (χ4v) is 3.81. The first-order valence-corrected chi connectivity index (χ1v) is 10.0. The molecule has 0 saturated carbocycles. The van der Waals surface area contributed by atoms with E-state index in [0.717, 1.165) is 49.5 Å². The summed E-state index contributed by atoms with van der Waals surface area (Å²) in [6.45, 7) is 7.76. The summed E-state index contributed by atoms with van der Waals surface area (Å²) >= 11 is 1.46. The number of nitrogens with zero attached hydrogens (tertiary/aromatic N) is 4. The van der Waals surface area contributed by atoms with E-state index >= 15 is 0 Å². The number of aryl methyl sites for hydroxylation is 3. The van der Waals surface area contributed by atoms with Gasteiger partial charge in [0.05, 0.1) is 0 Å². The molecular weight excluding hydrogens is 386 g/mol. The standard InChI is InChI=1S/C21H21N5O2S/c1-12-6-5-7-18(14(12)3)28-11-19(27)22-17-10-16(9-8-13(17)2)20-25-26-15(4)23-24-21(26)29-20/h5-10H,11H2,1-4H3,(H,22,27). The maximum absolute atomic E-state index is 12.5. The molecule has 0 aliphatic rings. The Kier molecular flexibility index (Phi) is 5.02. The highest BCUT2D eigenvalue weighted by atomic mass is 32.1. The lowest BCUT2D eigenvalue weighted by Gasteiger charge is -2.12. The quantitative estimate of drug-likeness (QED) is 0.539. The molecule has 0 radical (unpaired) electrons. The molecule has 4 rings (SSSR count). The number of rotatable bonds is 5. The van der Waals surface area contributed by atoms with E-state index in [1.54, 1.807) is 4.52 Å². The van der Waals surface area contributed by atoms with Crippen molar-refractivity contribution in [3.63, 3.8) is 0 Å². The Morgan fingerprint density at radius 3 is 2.72 bits per heavy atom. The molecular formula is C21H21N5O2S. The second-order valence-electron chi connectivity index (χ2n) is 6.91. The van der Waals surface area contributed by atoms with Gasteiger partial charge in [-0.3, -0.25) is 4.79 Å². The van der Waals surface area contributed by atoms with Crippen LogP contribution in [0.3, 0.4) is 0 Å². The molecule has 0 aliphatic heterocycles. The van der Waals surface area contributed by atoms with E-state index in [2.05, 4.69) is 20.6 Å². The number of aromatic nitrogens is 4. The van der Waals surface area contributed by atoms with Crippen molar-refractivity contribution in [1.29, 1.82) is 0 Å². The van der Waals surface area contributed by atoms with E-state index in [1.807, 2.05) is 64.1 Å². The van der Waals surface area contributed by atoms with Crippen molar-refractivity contribution >= 4 is 27.9 Å². The second-order valence-corrected chi connectivity index (χ2v) is 7.87. The topological polar surface area (TPSA) is 81.4 Å². The van der Waals surface area contributed by atoms with Crippen molar-refractivity contribution in [3.8, 4) is 16.3 Å². The minimum Gasteiger partial charge on any atom is -0.483 e. The van der Waals surface area contributed by atoms with Gasteiger partial charge in [-0.05, 0) is 56.5 Å². The van der Waals surface area contributed by atoms with Crippen LogP contribution in [0.2, 0.25) is 0 Å². The molecule has 0 aliphatic carbocycles. The number of ether oxygens (including phenoxy) is 1. The SMILES string of the molecule is Cc1ccc(-c2nn3c(C)nnc3s2)cc1NC(=O)COc1cccc(C)c1C. The van der Waals surface area contributed by atoms with Gasteiger partial charge in [0.15, 0.2) is 12.4 Å². The van der Waals surface area contributed by atoms with Crippen molar-refractivity contribution in [2.75, 3.05) is 11.9 Å². The lowest BCUT2D eigenvalue weighted by molar-refractivity contribution is -0.118. The van der Waals surface area contributed by atoms with E-state index in [0.29, 0.717) is 0 Å². The van der Waals surface area contributed by atoms with Crippen LogP contribution in [-0.4, -0.2) is 32.3 Å². The van der Waals surface area contributed by atoms with Crippen LogP contribution in [0.5, 0.6) is 5.75 Å². The summed E-state index contributed by atoms with van der Waals surface area (Å²) in [5.41, 5.74) is 4.78. The van der Waals surface area contributed by atoms with E-state index in [-0.39, 0.29) is 12.5 Å². The van der Waals surface area contributed by atoms with Gasteiger partial charge in [0.2, 0.25) is 4.96 Å². The molecule has 29 heavy (non-hydrogen) atoms. The van der Waals surface area contributed by atoms with Crippen LogP contribution in [0.4, 0.5) is 5.69 Å². The Balaban J connectivity index is 1.50. The van der Waals surface area contributed by atoms with Crippen LogP contribution >= 0.6 is 11.3 Å². The van der Waals surface area contributed by atoms with Gasteiger partial charge in [-0.25, -0.2) is 0 Å². The Morgan fingerprint density at radius 2 is 1.93 bits per heavy atom. The fraction of sp³-hybridized carbons (Fsp3) is 0.238. The lowest BCUT2D eigenvalue weighted by Crippen LogP contribution is -2.21. The summed E-state index contributed by atoms with van der Waals surface area (Å²) in [4.78, 5) is 13.2. The third-order valence-corrected chi connectivity index (χ3v) is 5.77. The fourth-order valence-electron chi connectivity index (χ4n) is 2.93. The molecule has 0 saturated heterocycles. The molecule has 2 aromatic carbocycles. The predicted octanol–water partition coefficient (Wildman–Crippen LogP) is 4.10. The van der Waals surface area contributed by atoms with Gasteiger partial charge in [0, 0.05) is 11.3 Å². The van der Waals surface area contributed by atoms with Crippen LogP contribution in [0.15, 0.2) is 36.4 Å². The summed E-state index contributed by atoms with van der Waals surface area (Å²) in [6, 6.07) is 11.7. The van der Waals surface area contributed by atoms with Gasteiger partial charge in [-0.2, -0.15) is 9.61 Å². The molecule has 0 unspecified atom stereocenters. The second kappa shape index (κ2) is 7.63. The Hall–Kier alpha value is -3.26. The molecule has 0 fully saturated rings. The minimum atomic E-state index is -0.208. The van der Waals surface area contributed by atoms with Gasteiger partial charge in [-0.1, -0.05) is 35.6 Å². The van der Waals surface area contributed by atoms with Crippen molar-refractivity contribution in [3.05, 3.63) is 58.9 Å². The number of carbonyl (C=O) groups is 1. The molecule has 0 atom stereocenters. The first-order chi connectivity index (χ1) is 13.9. The average Bonchev–Trinajstić information content (AvgIpc) is 3.27. The van der Waals surface area contributed by atoms with E-state index in [1.165, 1.54) is 11.3 Å². The minimum absolute atomic E-state index is 0.0517. The lowest BCUT2D eigenvalue weighted by atomic mass is 10.1. The third kappa shape index (κ3) is 3.84. The number of fused-ring (bicyclic) bond motifs is 1. The molecule has 0 bridgehead atoms. The highest BCUT2D eigenvalue weighted by Gasteiger charge is 2.13. The molecule has 7 nitrogen and oxygen atoms in total. The van der Waals surface area contributed by atoms with E-state index < -0.39 is 0 Å². The molecule has 2 aromatic heterocycles. The highest BCUT2D eigenvalue weighted by molar-refractivity contribution is 7.19. The van der Waals surface area contributed by atoms with Gasteiger partial charge in [-0.15, -0.1) is 10.2 Å². The summed E-state index contributed by atoms with van der Waals surface area (Å²) < 4.78 is 7.43. The molecule has 148 valence electrons. The Labute approximate surface area is 172 Å². The zero-order valence-corrected chi connectivity index (χ0v) is 17.5. The normalized spacial score (nSPS) is 11.0. The Morgan fingerprint density at radius 1 is 1.10 bits per heavy atom. The zero-order valence-electron chi connectivity index (χ0n) is 16.7. The number of hydrogen-bond donors (Lipinski definition) is 1. The number of amides is 1.